The standard InChI is InChI=1S/C11H14OS/c1-10(2)8-9-13-12-11-6-4-3-5-7-11/h3-8H,9H2,1-2H3. The molecule has 2 heteroatoms. The van der Waals surface area contributed by atoms with Gasteiger partial charge in [-0.05, 0) is 26.0 Å². The number of rotatable bonds is 4. The SMILES string of the molecule is CC(C)=CCSOc1ccccc1. The monoisotopic (exact) mass is 194 g/mol. The third-order valence-corrected chi connectivity index (χ3v) is 2.07. The summed E-state index contributed by atoms with van der Waals surface area (Å²) < 4.78 is 5.43. The van der Waals surface area contributed by atoms with Gasteiger partial charge in [0.15, 0.2) is 0 Å². The number of para-hydroxylation sites is 1. The molecule has 70 valence electrons. The second kappa shape index (κ2) is 5.70. The molecule has 0 saturated heterocycles. The van der Waals surface area contributed by atoms with Crippen LogP contribution < -0.4 is 4.18 Å². The van der Waals surface area contributed by atoms with Crippen LogP contribution in [0.4, 0.5) is 0 Å². The van der Waals surface area contributed by atoms with E-state index in [-0.39, 0.29) is 0 Å². The van der Waals surface area contributed by atoms with E-state index in [1.54, 1.807) is 0 Å². The Labute approximate surface area is 84.0 Å². The molecular weight excluding hydrogens is 180 g/mol. The van der Waals surface area contributed by atoms with Gasteiger partial charge in [0.25, 0.3) is 0 Å². The fraction of sp³-hybridized carbons (Fsp3) is 0.273. The molecule has 0 aliphatic heterocycles. The maximum atomic E-state index is 5.43. The molecule has 1 aromatic rings. The minimum atomic E-state index is 0.900. The molecule has 0 unspecified atom stereocenters. The summed E-state index contributed by atoms with van der Waals surface area (Å²) >= 11 is 1.46. The van der Waals surface area contributed by atoms with Crippen LogP contribution >= 0.6 is 12.0 Å². The zero-order valence-electron chi connectivity index (χ0n) is 7.99. The topological polar surface area (TPSA) is 9.23 Å². The molecule has 0 aromatic heterocycles. The van der Waals surface area contributed by atoms with Gasteiger partial charge in [0.1, 0.15) is 5.75 Å². The second-order valence-electron chi connectivity index (χ2n) is 2.96. The Kier molecular flexibility index (Phi) is 4.47. The predicted molar refractivity (Wildman–Crippen MR) is 59.0 cm³/mol. The molecule has 0 aliphatic rings. The van der Waals surface area contributed by atoms with Gasteiger partial charge in [0, 0.05) is 5.75 Å². The summed E-state index contributed by atoms with van der Waals surface area (Å²) in [4.78, 5) is 0. The van der Waals surface area contributed by atoms with Gasteiger partial charge in [-0.2, -0.15) is 0 Å². The Bertz CT molecular complexity index is 263. The predicted octanol–water partition coefficient (Wildman–Crippen LogP) is 3.68. The smallest absolute Gasteiger partial charge is 0.137 e. The lowest BCUT2D eigenvalue weighted by Gasteiger charge is -2.00. The van der Waals surface area contributed by atoms with Crippen molar-refractivity contribution in [1.29, 1.82) is 0 Å². The maximum Gasteiger partial charge on any atom is 0.137 e. The minimum absolute atomic E-state index is 0.900. The summed E-state index contributed by atoms with van der Waals surface area (Å²) in [5, 5.41) is 0. The van der Waals surface area contributed by atoms with Gasteiger partial charge in [0.2, 0.25) is 0 Å². The molecule has 0 aliphatic carbocycles. The molecule has 0 N–H and O–H groups in total. The van der Waals surface area contributed by atoms with Gasteiger partial charge in [-0.15, -0.1) is 0 Å². The lowest BCUT2D eigenvalue weighted by molar-refractivity contribution is 0.648. The molecule has 0 saturated carbocycles. The molecular formula is C11H14OS. The first-order valence-corrected chi connectivity index (χ1v) is 5.18. The molecule has 13 heavy (non-hydrogen) atoms. The van der Waals surface area contributed by atoms with Gasteiger partial charge in [-0.1, -0.05) is 29.8 Å². The van der Waals surface area contributed by atoms with Gasteiger partial charge in [-0.3, -0.25) is 0 Å². The van der Waals surface area contributed by atoms with Crippen LogP contribution in [0.5, 0.6) is 5.75 Å². The fourth-order valence-electron chi connectivity index (χ4n) is 0.779. The quantitative estimate of drug-likeness (QED) is 0.411. The number of hydrogen-bond donors (Lipinski definition) is 0. The van der Waals surface area contributed by atoms with Crippen LogP contribution in [-0.4, -0.2) is 5.75 Å². The van der Waals surface area contributed by atoms with Crippen molar-refractivity contribution in [2.75, 3.05) is 5.75 Å². The molecule has 1 nitrogen and oxygen atoms in total. The Morgan fingerprint density at radius 2 is 2.00 bits per heavy atom. The highest BCUT2D eigenvalue weighted by molar-refractivity contribution is 7.95. The van der Waals surface area contributed by atoms with E-state index in [4.69, 9.17) is 4.18 Å². The van der Waals surface area contributed by atoms with E-state index in [1.807, 2.05) is 30.3 Å². The van der Waals surface area contributed by atoms with Crippen molar-refractivity contribution < 1.29 is 4.18 Å². The molecule has 0 amide bonds. The molecule has 1 aromatic carbocycles. The maximum absolute atomic E-state index is 5.43. The van der Waals surface area contributed by atoms with E-state index in [0.717, 1.165) is 11.5 Å². The molecule has 0 bridgehead atoms. The number of hydrogen-bond acceptors (Lipinski definition) is 2. The number of benzene rings is 1. The van der Waals surface area contributed by atoms with Crippen LogP contribution in [0.15, 0.2) is 42.0 Å². The summed E-state index contributed by atoms with van der Waals surface area (Å²) in [6.07, 6.45) is 2.15. The highest BCUT2D eigenvalue weighted by Gasteiger charge is 1.90. The third-order valence-electron chi connectivity index (χ3n) is 1.46. The summed E-state index contributed by atoms with van der Waals surface area (Å²) in [6, 6.07) is 9.83. The van der Waals surface area contributed by atoms with Crippen molar-refractivity contribution in [2.24, 2.45) is 0 Å². The zero-order valence-corrected chi connectivity index (χ0v) is 8.80. The molecule has 0 spiro atoms. The van der Waals surface area contributed by atoms with E-state index < -0.39 is 0 Å². The summed E-state index contributed by atoms with van der Waals surface area (Å²) in [5.74, 6) is 1.81. The first-order chi connectivity index (χ1) is 6.29. The van der Waals surface area contributed by atoms with E-state index in [9.17, 15) is 0 Å². The van der Waals surface area contributed by atoms with Crippen LogP contribution in [0.3, 0.4) is 0 Å². The van der Waals surface area contributed by atoms with Crippen LogP contribution in [-0.2, 0) is 0 Å². The average molecular weight is 194 g/mol. The van der Waals surface area contributed by atoms with Gasteiger partial charge < -0.3 is 4.18 Å². The Morgan fingerprint density at radius 3 is 2.62 bits per heavy atom. The van der Waals surface area contributed by atoms with Crippen LogP contribution in [0.25, 0.3) is 0 Å². The summed E-state index contributed by atoms with van der Waals surface area (Å²) in [6.45, 7) is 4.17. The molecule has 0 fully saturated rings. The van der Waals surface area contributed by atoms with Crippen molar-refractivity contribution in [3.8, 4) is 5.75 Å². The molecule has 0 heterocycles. The normalized spacial score (nSPS) is 9.38. The lowest BCUT2D eigenvalue weighted by Crippen LogP contribution is -1.82. The highest BCUT2D eigenvalue weighted by atomic mass is 32.2. The van der Waals surface area contributed by atoms with Gasteiger partial charge in [-0.25, -0.2) is 0 Å². The highest BCUT2D eigenvalue weighted by Crippen LogP contribution is 2.15. The first kappa shape index (κ1) is 10.2. The van der Waals surface area contributed by atoms with E-state index >= 15 is 0 Å². The van der Waals surface area contributed by atoms with Crippen molar-refractivity contribution >= 4 is 12.0 Å². The lowest BCUT2D eigenvalue weighted by atomic mass is 10.3. The van der Waals surface area contributed by atoms with Crippen molar-refractivity contribution in [3.05, 3.63) is 42.0 Å². The second-order valence-corrected chi connectivity index (χ2v) is 3.70. The Hall–Kier alpha value is -0.890. The van der Waals surface area contributed by atoms with Gasteiger partial charge in [0.05, 0.1) is 12.0 Å². The molecule has 0 atom stereocenters. The Balaban J connectivity index is 2.25. The van der Waals surface area contributed by atoms with Crippen LogP contribution in [0, 0.1) is 0 Å². The van der Waals surface area contributed by atoms with Crippen molar-refractivity contribution in [3.63, 3.8) is 0 Å². The summed E-state index contributed by atoms with van der Waals surface area (Å²) in [5.41, 5.74) is 1.32. The van der Waals surface area contributed by atoms with E-state index in [0.29, 0.717) is 0 Å². The average Bonchev–Trinajstić information content (AvgIpc) is 2.14. The Morgan fingerprint density at radius 1 is 1.31 bits per heavy atom. The van der Waals surface area contributed by atoms with Crippen molar-refractivity contribution in [1.82, 2.24) is 0 Å². The van der Waals surface area contributed by atoms with Crippen molar-refractivity contribution in [2.45, 2.75) is 13.8 Å². The fourth-order valence-corrected chi connectivity index (χ4v) is 1.50. The first-order valence-electron chi connectivity index (χ1n) is 4.27. The van der Waals surface area contributed by atoms with E-state index in [1.165, 1.54) is 17.6 Å². The van der Waals surface area contributed by atoms with Crippen LogP contribution in [0.2, 0.25) is 0 Å². The minimum Gasteiger partial charge on any atom is -0.425 e. The number of allylic oxidation sites excluding steroid dienone is 1. The zero-order chi connectivity index (χ0) is 9.52. The van der Waals surface area contributed by atoms with Crippen LogP contribution in [0.1, 0.15) is 13.8 Å². The van der Waals surface area contributed by atoms with Gasteiger partial charge >= 0.3 is 0 Å². The van der Waals surface area contributed by atoms with E-state index in [2.05, 4.69) is 19.9 Å². The molecule has 0 radical (unpaired) electrons. The molecule has 1 rings (SSSR count). The largest absolute Gasteiger partial charge is 0.425 e. The summed E-state index contributed by atoms with van der Waals surface area (Å²) in [7, 11) is 0. The third kappa shape index (κ3) is 4.63.